The number of nitrogens with one attached hydrogen (secondary N) is 2. The number of benzene rings is 1. The van der Waals surface area contributed by atoms with Crippen molar-refractivity contribution in [3.63, 3.8) is 0 Å². The van der Waals surface area contributed by atoms with Crippen LogP contribution < -0.4 is 10.6 Å². The van der Waals surface area contributed by atoms with E-state index in [-0.39, 0.29) is 5.91 Å². The summed E-state index contributed by atoms with van der Waals surface area (Å²) in [6.45, 7) is 6.27. The molecular weight excluding hydrogens is 334 g/mol. The first-order valence-corrected chi connectivity index (χ1v) is 8.10. The Labute approximate surface area is 134 Å². The van der Waals surface area contributed by atoms with E-state index in [4.69, 9.17) is 4.74 Å². The van der Waals surface area contributed by atoms with Crippen LogP contribution >= 0.6 is 15.9 Å². The van der Waals surface area contributed by atoms with Crippen molar-refractivity contribution in [3.8, 4) is 0 Å². The lowest BCUT2D eigenvalue weighted by Gasteiger charge is -2.26. The first-order chi connectivity index (χ1) is 10.3. The molecule has 0 radical (unpaired) electrons. The molecule has 0 bridgehead atoms. The lowest BCUT2D eigenvalue weighted by atomic mass is 10.3. The van der Waals surface area contributed by atoms with Crippen LogP contribution in [-0.4, -0.2) is 56.7 Å². The minimum atomic E-state index is 0.0285. The second-order valence-electron chi connectivity index (χ2n) is 4.98. The van der Waals surface area contributed by atoms with Crippen molar-refractivity contribution in [1.29, 1.82) is 0 Å². The Morgan fingerprint density at radius 3 is 2.76 bits per heavy atom. The Kier molecular flexibility index (Phi) is 7.15. The number of para-hydroxylation sites is 1. The van der Waals surface area contributed by atoms with Gasteiger partial charge in [0.15, 0.2) is 0 Å². The Hall–Kier alpha value is -0.950. The van der Waals surface area contributed by atoms with E-state index in [0.29, 0.717) is 13.0 Å². The van der Waals surface area contributed by atoms with Crippen LogP contribution in [0, 0.1) is 0 Å². The summed E-state index contributed by atoms with van der Waals surface area (Å²) >= 11 is 3.42. The Morgan fingerprint density at radius 1 is 1.24 bits per heavy atom. The number of ether oxygens (including phenoxy) is 1. The summed E-state index contributed by atoms with van der Waals surface area (Å²) in [5.41, 5.74) is 0.816. The smallest absolute Gasteiger partial charge is 0.225 e. The first-order valence-electron chi connectivity index (χ1n) is 7.31. The lowest BCUT2D eigenvalue weighted by Crippen LogP contribution is -2.40. The number of carbonyl (C=O) groups is 1. The van der Waals surface area contributed by atoms with Crippen molar-refractivity contribution in [2.45, 2.75) is 6.42 Å². The fraction of sp³-hybridized carbons (Fsp3) is 0.533. The molecule has 0 atom stereocenters. The van der Waals surface area contributed by atoms with E-state index < -0.39 is 0 Å². The van der Waals surface area contributed by atoms with E-state index in [0.717, 1.165) is 49.6 Å². The Balaban J connectivity index is 1.56. The lowest BCUT2D eigenvalue weighted by molar-refractivity contribution is -0.116. The van der Waals surface area contributed by atoms with E-state index in [1.807, 2.05) is 24.3 Å². The average molecular weight is 356 g/mol. The van der Waals surface area contributed by atoms with Crippen LogP contribution in [0.4, 0.5) is 5.69 Å². The van der Waals surface area contributed by atoms with Gasteiger partial charge in [0.1, 0.15) is 0 Å². The van der Waals surface area contributed by atoms with Gasteiger partial charge >= 0.3 is 0 Å². The van der Waals surface area contributed by atoms with Gasteiger partial charge in [0, 0.05) is 43.6 Å². The predicted octanol–water partition coefficient (Wildman–Crippen LogP) is 1.70. The third-order valence-electron chi connectivity index (χ3n) is 3.39. The largest absolute Gasteiger partial charge is 0.379 e. The van der Waals surface area contributed by atoms with Gasteiger partial charge in [0.05, 0.1) is 18.9 Å². The van der Waals surface area contributed by atoms with E-state index in [9.17, 15) is 4.79 Å². The summed E-state index contributed by atoms with van der Waals surface area (Å²) in [4.78, 5) is 14.2. The highest BCUT2D eigenvalue weighted by Gasteiger charge is 2.09. The maximum atomic E-state index is 11.8. The maximum absolute atomic E-state index is 11.8. The van der Waals surface area contributed by atoms with Crippen LogP contribution in [0.1, 0.15) is 6.42 Å². The number of hydrogen-bond acceptors (Lipinski definition) is 4. The highest BCUT2D eigenvalue weighted by Crippen LogP contribution is 2.21. The van der Waals surface area contributed by atoms with Gasteiger partial charge in [-0.25, -0.2) is 0 Å². The molecule has 2 rings (SSSR count). The Morgan fingerprint density at radius 2 is 2.00 bits per heavy atom. The van der Waals surface area contributed by atoms with Gasteiger partial charge in [-0.2, -0.15) is 0 Å². The number of halogens is 1. The molecule has 6 heteroatoms. The van der Waals surface area contributed by atoms with Crippen molar-refractivity contribution in [3.05, 3.63) is 28.7 Å². The van der Waals surface area contributed by atoms with Crippen LogP contribution in [0.25, 0.3) is 0 Å². The zero-order chi connectivity index (χ0) is 14.9. The fourth-order valence-electron chi connectivity index (χ4n) is 2.16. The molecule has 0 unspecified atom stereocenters. The second-order valence-corrected chi connectivity index (χ2v) is 5.84. The van der Waals surface area contributed by atoms with Gasteiger partial charge in [0.25, 0.3) is 0 Å². The van der Waals surface area contributed by atoms with E-state index in [2.05, 4.69) is 31.5 Å². The quantitative estimate of drug-likeness (QED) is 0.731. The Bertz CT molecular complexity index is 450. The summed E-state index contributed by atoms with van der Waals surface area (Å²) in [6, 6.07) is 7.62. The zero-order valence-electron chi connectivity index (χ0n) is 12.1. The summed E-state index contributed by atoms with van der Waals surface area (Å²) in [6.07, 6.45) is 0.477. The fourth-order valence-corrected chi connectivity index (χ4v) is 2.55. The molecule has 1 aliphatic rings. The molecule has 0 aromatic heterocycles. The maximum Gasteiger partial charge on any atom is 0.225 e. The molecule has 0 spiro atoms. The minimum Gasteiger partial charge on any atom is -0.379 e. The number of nitrogens with zero attached hydrogens (tertiary/aromatic N) is 1. The molecule has 1 aromatic carbocycles. The summed E-state index contributed by atoms with van der Waals surface area (Å²) in [5.74, 6) is 0.0285. The molecule has 1 aromatic rings. The normalized spacial score (nSPS) is 15.9. The SMILES string of the molecule is O=C(CCNCCN1CCOCC1)Nc1ccccc1Br. The molecule has 1 aliphatic heterocycles. The zero-order valence-corrected chi connectivity index (χ0v) is 13.7. The van der Waals surface area contributed by atoms with E-state index >= 15 is 0 Å². The van der Waals surface area contributed by atoms with Gasteiger partial charge in [-0.05, 0) is 28.1 Å². The molecular formula is C15H22BrN3O2. The topological polar surface area (TPSA) is 53.6 Å². The van der Waals surface area contributed by atoms with Crippen molar-refractivity contribution in [1.82, 2.24) is 10.2 Å². The van der Waals surface area contributed by atoms with Crippen molar-refractivity contribution >= 4 is 27.5 Å². The van der Waals surface area contributed by atoms with Gasteiger partial charge in [-0.3, -0.25) is 9.69 Å². The molecule has 0 saturated carbocycles. The van der Waals surface area contributed by atoms with Gasteiger partial charge in [-0.15, -0.1) is 0 Å². The third-order valence-corrected chi connectivity index (χ3v) is 4.08. The molecule has 1 fully saturated rings. The van der Waals surface area contributed by atoms with Crippen LogP contribution in [0.15, 0.2) is 28.7 Å². The number of rotatable bonds is 7. The van der Waals surface area contributed by atoms with E-state index in [1.54, 1.807) is 0 Å². The minimum absolute atomic E-state index is 0.0285. The second kappa shape index (κ2) is 9.15. The number of morpholine rings is 1. The van der Waals surface area contributed by atoms with Gasteiger partial charge in [0.2, 0.25) is 5.91 Å². The number of carbonyl (C=O) groups excluding carboxylic acids is 1. The summed E-state index contributed by atoms with van der Waals surface area (Å²) in [5, 5.41) is 6.21. The number of amides is 1. The first kappa shape index (κ1) is 16.4. The monoisotopic (exact) mass is 355 g/mol. The number of anilines is 1. The summed E-state index contributed by atoms with van der Waals surface area (Å²) < 4.78 is 6.21. The molecule has 1 amide bonds. The average Bonchev–Trinajstić information content (AvgIpc) is 2.50. The molecule has 2 N–H and O–H groups in total. The third kappa shape index (κ3) is 6.13. The highest BCUT2D eigenvalue weighted by molar-refractivity contribution is 9.10. The van der Waals surface area contributed by atoms with Crippen LogP contribution in [0.3, 0.4) is 0 Å². The number of hydrogen-bond donors (Lipinski definition) is 2. The van der Waals surface area contributed by atoms with Crippen LogP contribution in [0.2, 0.25) is 0 Å². The molecule has 1 saturated heterocycles. The molecule has 0 aliphatic carbocycles. The molecule has 5 nitrogen and oxygen atoms in total. The standard InChI is InChI=1S/C15H22BrN3O2/c16-13-3-1-2-4-14(13)18-15(20)5-6-17-7-8-19-9-11-21-12-10-19/h1-4,17H,5-12H2,(H,18,20). The molecule has 116 valence electrons. The van der Waals surface area contributed by atoms with Crippen molar-refractivity contribution < 1.29 is 9.53 Å². The predicted molar refractivity (Wildman–Crippen MR) is 87.5 cm³/mol. The highest BCUT2D eigenvalue weighted by atomic mass is 79.9. The van der Waals surface area contributed by atoms with Crippen molar-refractivity contribution in [2.24, 2.45) is 0 Å². The van der Waals surface area contributed by atoms with E-state index in [1.165, 1.54) is 0 Å². The molecule has 21 heavy (non-hydrogen) atoms. The van der Waals surface area contributed by atoms with Crippen LogP contribution in [0.5, 0.6) is 0 Å². The van der Waals surface area contributed by atoms with Crippen LogP contribution in [-0.2, 0) is 9.53 Å². The molecule has 1 heterocycles. The van der Waals surface area contributed by atoms with Gasteiger partial charge in [-0.1, -0.05) is 12.1 Å². The summed E-state index contributed by atoms with van der Waals surface area (Å²) in [7, 11) is 0. The van der Waals surface area contributed by atoms with Gasteiger partial charge < -0.3 is 15.4 Å². The van der Waals surface area contributed by atoms with Crippen molar-refractivity contribution in [2.75, 3.05) is 51.3 Å².